The number of hydrogen-bond acceptors (Lipinski definition) is 2. The number of phenolic OH excluding ortho intramolecular Hbond substituents is 1. The van der Waals surface area contributed by atoms with Crippen LogP contribution in [-0.2, 0) is 4.79 Å². The summed E-state index contributed by atoms with van der Waals surface area (Å²) in [6.07, 6.45) is 3.20. The SMILES string of the molecule is CC(=O)C=Cc1ccc(O)cc1.[NaH]. The molecular formula is C10H11NaO2. The van der Waals surface area contributed by atoms with Crippen molar-refractivity contribution in [2.75, 3.05) is 0 Å². The first-order valence-electron chi connectivity index (χ1n) is 3.66. The van der Waals surface area contributed by atoms with Gasteiger partial charge in [0.1, 0.15) is 5.75 Å². The van der Waals surface area contributed by atoms with E-state index >= 15 is 0 Å². The van der Waals surface area contributed by atoms with E-state index in [4.69, 9.17) is 5.11 Å². The van der Waals surface area contributed by atoms with Crippen LogP contribution in [0, 0.1) is 0 Å². The van der Waals surface area contributed by atoms with Crippen molar-refractivity contribution in [3.63, 3.8) is 0 Å². The molecule has 0 radical (unpaired) electrons. The topological polar surface area (TPSA) is 37.3 Å². The number of phenols is 1. The number of ketones is 1. The van der Waals surface area contributed by atoms with E-state index in [9.17, 15) is 4.79 Å². The molecule has 0 aromatic heterocycles. The summed E-state index contributed by atoms with van der Waals surface area (Å²) < 4.78 is 0. The van der Waals surface area contributed by atoms with Crippen LogP contribution in [0.5, 0.6) is 5.75 Å². The van der Waals surface area contributed by atoms with Crippen LogP contribution < -0.4 is 0 Å². The van der Waals surface area contributed by atoms with Crippen LogP contribution in [0.3, 0.4) is 0 Å². The van der Waals surface area contributed by atoms with Crippen molar-refractivity contribution in [2.24, 2.45) is 0 Å². The van der Waals surface area contributed by atoms with Gasteiger partial charge in [-0.3, -0.25) is 4.79 Å². The molecule has 13 heavy (non-hydrogen) atoms. The van der Waals surface area contributed by atoms with Crippen LogP contribution in [0.25, 0.3) is 6.08 Å². The number of benzene rings is 1. The molecule has 0 aliphatic rings. The molecule has 0 aliphatic heterocycles. The van der Waals surface area contributed by atoms with E-state index < -0.39 is 0 Å². The Morgan fingerprint density at radius 3 is 2.31 bits per heavy atom. The number of aromatic hydroxyl groups is 1. The zero-order valence-corrected chi connectivity index (χ0v) is 6.82. The third-order valence-electron chi connectivity index (χ3n) is 1.40. The third-order valence-corrected chi connectivity index (χ3v) is 1.40. The average Bonchev–Trinajstić information content (AvgIpc) is 2.03. The molecule has 1 aromatic rings. The van der Waals surface area contributed by atoms with Crippen molar-refractivity contribution >= 4 is 41.4 Å². The molecule has 0 heterocycles. The summed E-state index contributed by atoms with van der Waals surface area (Å²) in [7, 11) is 0. The summed E-state index contributed by atoms with van der Waals surface area (Å²) in [6.45, 7) is 1.50. The molecule has 0 amide bonds. The van der Waals surface area contributed by atoms with Gasteiger partial charge in [0.2, 0.25) is 0 Å². The number of carbonyl (C=O) groups is 1. The molecular weight excluding hydrogens is 175 g/mol. The zero-order valence-electron chi connectivity index (χ0n) is 6.82. The predicted octanol–water partition coefficient (Wildman–Crippen LogP) is 1.35. The molecule has 1 N–H and O–H groups in total. The molecule has 0 saturated carbocycles. The van der Waals surface area contributed by atoms with Crippen LogP contribution in [0.15, 0.2) is 30.3 Å². The van der Waals surface area contributed by atoms with Crippen LogP contribution >= 0.6 is 0 Å². The van der Waals surface area contributed by atoms with Crippen LogP contribution in [0.1, 0.15) is 12.5 Å². The van der Waals surface area contributed by atoms with E-state index in [1.54, 1.807) is 30.3 Å². The molecule has 0 aliphatic carbocycles. The van der Waals surface area contributed by atoms with Crippen molar-refractivity contribution in [2.45, 2.75) is 6.92 Å². The van der Waals surface area contributed by atoms with Crippen molar-refractivity contribution in [1.82, 2.24) is 0 Å². The quantitative estimate of drug-likeness (QED) is 0.559. The first-order chi connectivity index (χ1) is 5.68. The Kier molecular flexibility index (Phi) is 5.71. The molecule has 0 bridgehead atoms. The summed E-state index contributed by atoms with van der Waals surface area (Å²) in [5.74, 6) is 0.248. The van der Waals surface area contributed by atoms with Crippen molar-refractivity contribution in [1.29, 1.82) is 0 Å². The van der Waals surface area contributed by atoms with Crippen LogP contribution in [-0.4, -0.2) is 40.4 Å². The van der Waals surface area contributed by atoms with Gasteiger partial charge in [0.25, 0.3) is 0 Å². The molecule has 0 unspecified atom stereocenters. The number of allylic oxidation sites excluding steroid dienone is 1. The molecule has 1 rings (SSSR count). The fraction of sp³-hybridized carbons (Fsp3) is 0.100. The number of rotatable bonds is 2. The van der Waals surface area contributed by atoms with E-state index in [2.05, 4.69) is 0 Å². The Balaban J connectivity index is 0.00000144. The van der Waals surface area contributed by atoms with E-state index in [-0.39, 0.29) is 41.1 Å². The summed E-state index contributed by atoms with van der Waals surface area (Å²) in [5.41, 5.74) is 0.906. The Labute approximate surface area is 99.6 Å². The Morgan fingerprint density at radius 1 is 1.31 bits per heavy atom. The normalized spacial score (nSPS) is 9.62. The van der Waals surface area contributed by atoms with E-state index in [1.165, 1.54) is 13.0 Å². The molecule has 2 nitrogen and oxygen atoms in total. The maximum atomic E-state index is 10.5. The van der Waals surface area contributed by atoms with Gasteiger partial charge in [-0.1, -0.05) is 18.2 Å². The molecule has 0 spiro atoms. The monoisotopic (exact) mass is 186 g/mol. The standard InChI is InChI=1S/C10H10O2.Na.H/c1-8(11)2-3-9-4-6-10(12)7-5-9;;/h2-7,12H,1H3;;. The van der Waals surface area contributed by atoms with Crippen molar-refractivity contribution < 1.29 is 9.90 Å². The van der Waals surface area contributed by atoms with Crippen molar-refractivity contribution in [3.8, 4) is 5.75 Å². The van der Waals surface area contributed by atoms with E-state index in [1.807, 2.05) is 0 Å². The summed E-state index contributed by atoms with van der Waals surface area (Å²) in [6, 6.07) is 6.66. The van der Waals surface area contributed by atoms with Gasteiger partial charge in [-0.05, 0) is 30.7 Å². The van der Waals surface area contributed by atoms with Crippen LogP contribution in [0.4, 0.5) is 0 Å². The van der Waals surface area contributed by atoms with Gasteiger partial charge in [-0.2, -0.15) is 0 Å². The predicted molar refractivity (Wildman–Crippen MR) is 55.0 cm³/mol. The molecule has 1 aromatic carbocycles. The summed E-state index contributed by atoms with van der Waals surface area (Å²) in [5, 5.41) is 8.94. The Bertz CT molecular complexity index is 301. The average molecular weight is 186 g/mol. The van der Waals surface area contributed by atoms with Gasteiger partial charge in [0.05, 0.1) is 0 Å². The van der Waals surface area contributed by atoms with Crippen LogP contribution in [0.2, 0.25) is 0 Å². The summed E-state index contributed by atoms with van der Waals surface area (Å²) >= 11 is 0. The van der Waals surface area contributed by atoms with Gasteiger partial charge in [0.15, 0.2) is 5.78 Å². The van der Waals surface area contributed by atoms with Gasteiger partial charge in [-0.15, -0.1) is 0 Å². The van der Waals surface area contributed by atoms with Gasteiger partial charge in [-0.25, -0.2) is 0 Å². The molecule has 3 heteroatoms. The Morgan fingerprint density at radius 2 is 1.85 bits per heavy atom. The van der Waals surface area contributed by atoms with E-state index in [0.29, 0.717) is 0 Å². The van der Waals surface area contributed by atoms with Gasteiger partial charge < -0.3 is 5.11 Å². The molecule has 0 atom stereocenters. The van der Waals surface area contributed by atoms with E-state index in [0.717, 1.165) is 5.56 Å². The minimum atomic E-state index is 0. The second-order valence-corrected chi connectivity index (χ2v) is 2.54. The molecule has 0 saturated heterocycles. The van der Waals surface area contributed by atoms with Crippen molar-refractivity contribution in [3.05, 3.63) is 35.9 Å². The van der Waals surface area contributed by atoms with Gasteiger partial charge >= 0.3 is 29.6 Å². The third kappa shape index (κ3) is 4.88. The Hall–Kier alpha value is -0.570. The number of carbonyl (C=O) groups excluding carboxylic acids is 1. The maximum absolute atomic E-state index is 10.5. The number of hydrogen-bond donors (Lipinski definition) is 1. The van der Waals surface area contributed by atoms with Gasteiger partial charge in [0, 0.05) is 0 Å². The fourth-order valence-corrected chi connectivity index (χ4v) is 0.799. The zero-order chi connectivity index (χ0) is 8.97. The minimum absolute atomic E-state index is 0. The second kappa shape index (κ2) is 5.97. The second-order valence-electron chi connectivity index (χ2n) is 2.54. The first-order valence-corrected chi connectivity index (χ1v) is 3.66. The summed E-state index contributed by atoms with van der Waals surface area (Å²) in [4.78, 5) is 10.5. The first kappa shape index (κ1) is 12.4. The molecule has 64 valence electrons. The molecule has 0 fully saturated rings. The fourth-order valence-electron chi connectivity index (χ4n) is 0.799.